The fourth-order valence-electron chi connectivity index (χ4n) is 2.54. The minimum Gasteiger partial charge on any atom is -0.361 e. The van der Waals surface area contributed by atoms with E-state index >= 15 is 0 Å². The summed E-state index contributed by atoms with van der Waals surface area (Å²) in [6.45, 7) is 0.488. The number of carbonyl (C=O) groups excluding carboxylic acids is 1. The third-order valence-electron chi connectivity index (χ3n) is 3.73. The fourth-order valence-corrected chi connectivity index (χ4v) is 2.54. The average molecular weight is 314 g/mol. The fraction of sp³-hybridized carbons (Fsp3) is 0.167. The molecule has 1 heterocycles. The summed E-state index contributed by atoms with van der Waals surface area (Å²) in [5.74, 6) is -0.680. The van der Waals surface area contributed by atoms with E-state index in [1.807, 2.05) is 0 Å². The van der Waals surface area contributed by atoms with Crippen molar-refractivity contribution in [3.8, 4) is 0 Å². The Kier molecular flexibility index (Phi) is 4.37. The minimum absolute atomic E-state index is 0.0997. The highest BCUT2D eigenvalue weighted by Gasteiger charge is 2.09. The van der Waals surface area contributed by atoms with E-state index in [0.29, 0.717) is 18.5 Å². The monoisotopic (exact) mass is 314 g/mol. The van der Waals surface area contributed by atoms with Gasteiger partial charge in [-0.1, -0.05) is 12.1 Å². The van der Waals surface area contributed by atoms with E-state index in [-0.39, 0.29) is 24.0 Å². The highest BCUT2D eigenvalue weighted by Crippen LogP contribution is 2.19. The quantitative estimate of drug-likeness (QED) is 0.745. The second-order valence-electron chi connectivity index (χ2n) is 5.41. The zero-order valence-corrected chi connectivity index (χ0v) is 12.4. The van der Waals surface area contributed by atoms with Crippen LogP contribution in [0.1, 0.15) is 11.1 Å². The number of rotatable bonds is 5. The summed E-state index contributed by atoms with van der Waals surface area (Å²) in [4.78, 5) is 15.0. The molecule has 1 amide bonds. The van der Waals surface area contributed by atoms with Gasteiger partial charge in [-0.25, -0.2) is 8.78 Å². The van der Waals surface area contributed by atoms with E-state index in [1.54, 1.807) is 24.4 Å². The molecular formula is C18H16F2N2O. The van der Waals surface area contributed by atoms with Gasteiger partial charge in [0.1, 0.15) is 11.6 Å². The Balaban J connectivity index is 1.55. The van der Waals surface area contributed by atoms with Gasteiger partial charge in [-0.3, -0.25) is 4.79 Å². The average Bonchev–Trinajstić information content (AvgIpc) is 2.91. The van der Waals surface area contributed by atoms with Crippen LogP contribution in [0.3, 0.4) is 0 Å². The highest BCUT2D eigenvalue weighted by atomic mass is 19.1. The molecule has 3 rings (SSSR count). The number of aromatic amines is 1. The van der Waals surface area contributed by atoms with Crippen molar-refractivity contribution in [2.24, 2.45) is 0 Å². The van der Waals surface area contributed by atoms with Crippen LogP contribution in [0.5, 0.6) is 0 Å². The largest absolute Gasteiger partial charge is 0.361 e. The van der Waals surface area contributed by atoms with Gasteiger partial charge in [-0.2, -0.15) is 0 Å². The Bertz CT molecular complexity index is 825. The standard InChI is InChI=1S/C18H16F2N2O/c19-14-3-1-12(2-4-14)7-8-21-18(23)9-13-11-22-17-10-15(20)5-6-16(13)17/h1-6,10-11,22H,7-9H2,(H,21,23). The number of hydrogen-bond donors (Lipinski definition) is 2. The first-order chi connectivity index (χ1) is 11.1. The third-order valence-corrected chi connectivity index (χ3v) is 3.73. The van der Waals surface area contributed by atoms with E-state index in [1.165, 1.54) is 24.3 Å². The summed E-state index contributed by atoms with van der Waals surface area (Å²) < 4.78 is 25.9. The minimum atomic E-state index is -0.311. The van der Waals surface area contributed by atoms with Crippen molar-refractivity contribution >= 4 is 16.8 Å². The van der Waals surface area contributed by atoms with Crippen LogP contribution >= 0.6 is 0 Å². The van der Waals surface area contributed by atoms with E-state index in [4.69, 9.17) is 0 Å². The van der Waals surface area contributed by atoms with Crippen molar-refractivity contribution in [3.63, 3.8) is 0 Å². The molecule has 0 saturated carbocycles. The molecule has 0 radical (unpaired) electrons. The van der Waals surface area contributed by atoms with Gasteiger partial charge in [0, 0.05) is 23.6 Å². The Morgan fingerprint density at radius 1 is 1.04 bits per heavy atom. The van der Waals surface area contributed by atoms with Crippen LogP contribution < -0.4 is 5.32 Å². The smallest absolute Gasteiger partial charge is 0.224 e. The second kappa shape index (κ2) is 6.60. The molecule has 5 heteroatoms. The van der Waals surface area contributed by atoms with Crippen molar-refractivity contribution in [2.75, 3.05) is 6.54 Å². The maximum atomic E-state index is 13.1. The molecule has 3 aromatic rings. The maximum Gasteiger partial charge on any atom is 0.224 e. The summed E-state index contributed by atoms with van der Waals surface area (Å²) >= 11 is 0. The van der Waals surface area contributed by atoms with Crippen molar-refractivity contribution in [1.82, 2.24) is 10.3 Å². The lowest BCUT2D eigenvalue weighted by atomic mass is 10.1. The molecule has 0 aliphatic heterocycles. The first-order valence-corrected chi connectivity index (χ1v) is 7.38. The highest BCUT2D eigenvalue weighted by molar-refractivity contribution is 5.88. The third kappa shape index (κ3) is 3.74. The summed E-state index contributed by atoms with van der Waals surface area (Å²) in [7, 11) is 0. The van der Waals surface area contributed by atoms with Crippen LogP contribution in [-0.4, -0.2) is 17.4 Å². The Labute approximate surface area is 132 Å². The molecule has 3 nitrogen and oxygen atoms in total. The molecule has 118 valence electrons. The van der Waals surface area contributed by atoms with Gasteiger partial charge in [0.25, 0.3) is 0 Å². The van der Waals surface area contributed by atoms with Crippen LogP contribution in [0.2, 0.25) is 0 Å². The van der Waals surface area contributed by atoms with Crippen molar-refractivity contribution in [2.45, 2.75) is 12.8 Å². The lowest BCUT2D eigenvalue weighted by molar-refractivity contribution is -0.120. The van der Waals surface area contributed by atoms with Crippen molar-refractivity contribution in [3.05, 3.63) is 71.4 Å². The number of halogens is 2. The van der Waals surface area contributed by atoms with Crippen LogP contribution in [-0.2, 0) is 17.6 Å². The summed E-state index contributed by atoms with van der Waals surface area (Å²) in [6, 6.07) is 10.7. The Hall–Kier alpha value is -2.69. The molecule has 0 aliphatic carbocycles. The van der Waals surface area contributed by atoms with Gasteiger partial charge in [0.15, 0.2) is 0 Å². The van der Waals surface area contributed by atoms with E-state index in [0.717, 1.165) is 16.5 Å². The molecule has 0 aliphatic rings. The van der Waals surface area contributed by atoms with Crippen LogP contribution in [0.4, 0.5) is 8.78 Å². The predicted molar refractivity (Wildman–Crippen MR) is 85.1 cm³/mol. The lowest BCUT2D eigenvalue weighted by Crippen LogP contribution is -2.27. The van der Waals surface area contributed by atoms with Gasteiger partial charge in [-0.15, -0.1) is 0 Å². The molecule has 2 aromatic carbocycles. The predicted octanol–water partition coefficient (Wildman–Crippen LogP) is 3.35. The molecule has 0 bridgehead atoms. The van der Waals surface area contributed by atoms with Crippen LogP contribution in [0.25, 0.3) is 10.9 Å². The number of benzene rings is 2. The molecular weight excluding hydrogens is 298 g/mol. The molecule has 2 N–H and O–H groups in total. The number of H-pyrrole nitrogens is 1. The topological polar surface area (TPSA) is 44.9 Å². The molecule has 0 unspecified atom stereocenters. The zero-order valence-electron chi connectivity index (χ0n) is 12.4. The van der Waals surface area contributed by atoms with E-state index in [2.05, 4.69) is 10.3 Å². The van der Waals surface area contributed by atoms with Gasteiger partial charge >= 0.3 is 0 Å². The summed E-state index contributed by atoms with van der Waals surface area (Å²) in [6.07, 6.45) is 2.60. The lowest BCUT2D eigenvalue weighted by Gasteiger charge is -2.05. The molecule has 0 fully saturated rings. The molecule has 1 aromatic heterocycles. The van der Waals surface area contributed by atoms with Gasteiger partial charge in [0.05, 0.1) is 6.42 Å². The number of carbonyl (C=O) groups is 1. The van der Waals surface area contributed by atoms with Crippen LogP contribution in [0.15, 0.2) is 48.7 Å². The molecule has 0 saturated heterocycles. The summed E-state index contributed by atoms with van der Waals surface area (Å²) in [5.41, 5.74) is 2.48. The van der Waals surface area contributed by atoms with Gasteiger partial charge in [-0.05, 0) is 47.9 Å². The number of amides is 1. The first kappa shape index (κ1) is 15.2. The van der Waals surface area contributed by atoms with E-state index < -0.39 is 0 Å². The van der Waals surface area contributed by atoms with Crippen molar-refractivity contribution < 1.29 is 13.6 Å². The normalized spacial score (nSPS) is 10.9. The number of hydrogen-bond acceptors (Lipinski definition) is 1. The maximum absolute atomic E-state index is 13.1. The number of nitrogens with one attached hydrogen (secondary N) is 2. The first-order valence-electron chi connectivity index (χ1n) is 7.38. The second-order valence-corrected chi connectivity index (χ2v) is 5.41. The zero-order chi connectivity index (χ0) is 16.2. The van der Waals surface area contributed by atoms with Crippen molar-refractivity contribution in [1.29, 1.82) is 0 Å². The Morgan fingerprint density at radius 3 is 2.57 bits per heavy atom. The molecule has 0 spiro atoms. The SMILES string of the molecule is O=C(Cc1c[nH]c2cc(F)ccc12)NCCc1ccc(F)cc1. The molecule has 23 heavy (non-hydrogen) atoms. The number of fused-ring (bicyclic) bond motifs is 1. The van der Waals surface area contributed by atoms with Gasteiger partial charge in [0.2, 0.25) is 5.91 Å². The van der Waals surface area contributed by atoms with Gasteiger partial charge < -0.3 is 10.3 Å². The van der Waals surface area contributed by atoms with E-state index in [9.17, 15) is 13.6 Å². The molecule has 0 atom stereocenters. The number of aromatic nitrogens is 1. The summed E-state index contributed by atoms with van der Waals surface area (Å²) in [5, 5.41) is 3.69. The van der Waals surface area contributed by atoms with Crippen LogP contribution in [0, 0.1) is 11.6 Å². The Morgan fingerprint density at radius 2 is 1.78 bits per heavy atom.